The Morgan fingerprint density at radius 1 is 1.00 bits per heavy atom. The fraction of sp³-hybridized carbons (Fsp3) is 0.577. The lowest BCUT2D eigenvalue weighted by molar-refractivity contribution is -0.0222. The molecule has 1 aromatic heterocycles. The number of piperidine rings is 2. The first kappa shape index (κ1) is 27.5. The van der Waals surface area contributed by atoms with Crippen LogP contribution >= 0.6 is 0 Å². The largest absolute Gasteiger partial charge is 0.395 e. The predicted octanol–water partition coefficient (Wildman–Crippen LogP) is 3.39. The van der Waals surface area contributed by atoms with Gasteiger partial charge in [0.1, 0.15) is 5.82 Å². The number of carbonyl (C=O) groups excluding carboxylic acids is 1. The van der Waals surface area contributed by atoms with Crippen molar-refractivity contribution in [2.24, 2.45) is 5.41 Å². The zero-order chi connectivity index (χ0) is 27.8. The number of nitrogens with zero attached hydrogens (tertiary/aromatic N) is 4. The van der Waals surface area contributed by atoms with E-state index in [0.717, 1.165) is 25.9 Å². The summed E-state index contributed by atoms with van der Waals surface area (Å²) in [6.45, 7) is 3.00. The number of aliphatic hydroxyl groups is 1. The molecule has 0 radical (unpaired) electrons. The van der Waals surface area contributed by atoms with Crippen LogP contribution in [0.2, 0.25) is 0 Å². The first-order valence-electron chi connectivity index (χ1n) is 13.3. The number of sulfonamides is 1. The number of aryl methyl sites for hydroxylation is 1. The van der Waals surface area contributed by atoms with Gasteiger partial charge < -0.3 is 20.2 Å². The summed E-state index contributed by atoms with van der Waals surface area (Å²) in [4.78, 5) is 26.1. The van der Waals surface area contributed by atoms with E-state index in [2.05, 4.69) is 24.9 Å². The molecule has 1 spiro atoms. The number of hydrogen-bond donors (Lipinski definition) is 3. The lowest BCUT2D eigenvalue weighted by atomic mass is 9.93. The van der Waals surface area contributed by atoms with Gasteiger partial charge in [0, 0.05) is 50.8 Å². The Hall–Kier alpha value is -3.06. The number of halogens is 2. The van der Waals surface area contributed by atoms with Crippen molar-refractivity contribution < 1.29 is 27.1 Å². The highest BCUT2D eigenvalue weighted by molar-refractivity contribution is 7.92. The summed E-state index contributed by atoms with van der Waals surface area (Å²) in [6, 6.07) is 6.36. The molecule has 5 rings (SSSR count). The van der Waals surface area contributed by atoms with Crippen LogP contribution in [0.25, 0.3) is 0 Å². The fourth-order valence-corrected chi connectivity index (χ4v) is 6.10. The number of aromatic nitrogens is 2. The van der Waals surface area contributed by atoms with E-state index in [0.29, 0.717) is 34.0 Å². The number of hydrogen-bond acceptors (Lipinski definition) is 8. The van der Waals surface area contributed by atoms with Crippen LogP contribution < -0.4 is 19.8 Å². The molecular weight excluding hydrogens is 530 g/mol. The molecule has 3 N–H and O–H groups in total. The standard InChI is InChI=1S/C26H34F2N6O4S/c1-18-16-22(31-24(29-18)34-12-8-26(27,28)9-13-34)30-23(36)20-3-2-19(32-39(37,38)15-14-35)17-21(20)33-10-6-25(4-5-25)7-11-33/h2-3,16-17,32,35H,4-15H2,1H3,(H,29,30,31,36). The third-order valence-electron chi connectivity index (χ3n) is 7.86. The average molecular weight is 565 g/mol. The van der Waals surface area contributed by atoms with Crippen LogP contribution in [0.4, 0.5) is 31.9 Å². The molecular formula is C26H34F2N6O4S. The van der Waals surface area contributed by atoms with Gasteiger partial charge in [-0.15, -0.1) is 0 Å². The van der Waals surface area contributed by atoms with Crippen molar-refractivity contribution in [3.05, 3.63) is 35.5 Å². The van der Waals surface area contributed by atoms with E-state index in [4.69, 9.17) is 5.11 Å². The highest BCUT2D eigenvalue weighted by atomic mass is 32.2. The van der Waals surface area contributed by atoms with Crippen molar-refractivity contribution in [3.63, 3.8) is 0 Å². The minimum atomic E-state index is -3.74. The van der Waals surface area contributed by atoms with Gasteiger partial charge in [-0.1, -0.05) is 0 Å². The van der Waals surface area contributed by atoms with Crippen LogP contribution in [0.5, 0.6) is 0 Å². The van der Waals surface area contributed by atoms with Crippen LogP contribution in [0.1, 0.15) is 54.6 Å². The lowest BCUT2D eigenvalue weighted by Crippen LogP contribution is -2.40. The highest BCUT2D eigenvalue weighted by Crippen LogP contribution is 2.54. The van der Waals surface area contributed by atoms with E-state index in [1.54, 1.807) is 30.0 Å². The van der Waals surface area contributed by atoms with E-state index in [-0.39, 0.29) is 31.7 Å². The van der Waals surface area contributed by atoms with E-state index < -0.39 is 34.2 Å². The number of amides is 1. The number of benzene rings is 1. The van der Waals surface area contributed by atoms with Crippen LogP contribution in [0.3, 0.4) is 0 Å². The molecule has 1 saturated carbocycles. The second kappa shape index (κ2) is 10.5. The zero-order valence-electron chi connectivity index (χ0n) is 21.9. The summed E-state index contributed by atoms with van der Waals surface area (Å²) in [6.07, 6.45) is 3.91. The van der Waals surface area contributed by atoms with Crippen molar-refractivity contribution in [3.8, 4) is 0 Å². The second-order valence-electron chi connectivity index (χ2n) is 10.9. The predicted molar refractivity (Wildman–Crippen MR) is 145 cm³/mol. The van der Waals surface area contributed by atoms with Crippen molar-refractivity contribution in [1.82, 2.24) is 9.97 Å². The summed E-state index contributed by atoms with van der Waals surface area (Å²) in [7, 11) is -3.74. The van der Waals surface area contributed by atoms with Crippen LogP contribution in [-0.2, 0) is 10.0 Å². The molecule has 2 aromatic rings. The minimum Gasteiger partial charge on any atom is -0.395 e. The summed E-state index contributed by atoms with van der Waals surface area (Å²) in [5.41, 5.74) is 2.28. The van der Waals surface area contributed by atoms with Gasteiger partial charge in [-0.3, -0.25) is 9.52 Å². The molecule has 0 bridgehead atoms. The Bertz CT molecular complexity index is 1330. The fourth-order valence-electron chi connectivity index (χ4n) is 5.27. The van der Waals surface area contributed by atoms with E-state index in [9.17, 15) is 22.0 Å². The molecule has 212 valence electrons. The van der Waals surface area contributed by atoms with E-state index in [1.807, 2.05) is 0 Å². The third-order valence-corrected chi connectivity index (χ3v) is 9.13. The molecule has 1 aromatic carbocycles. The van der Waals surface area contributed by atoms with Crippen LogP contribution in [0, 0.1) is 12.3 Å². The number of alkyl halides is 2. The quantitative estimate of drug-likeness (QED) is 0.445. The molecule has 3 aliphatic rings. The first-order chi connectivity index (χ1) is 18.5. The zero-order valence-corrected chi connectivity index (χ0v) is 22.7. The Morgan fingerprint density at radius 3 is 2.31 bits per heavy atom. The number of carbonyl (C=O) groups is 1. The van der Waals surface area contributed by atoms with Gasteiger partial charge in [-0.05, 0) is 56.2 Å². The monoisotopic (exact) mass is 564 g/mol. The SMILES string of the molecule is Cc1cc(NC(=O)c2ccc(NS(=O)(=O)CCO)cc2N2CCC3(CC2)CC3)nc(N2CCC(F)(F)CC2)n1. The molecule has 10 nitrogen and oxygen atoms in total. The van der Waals surface area contributed by atoms with Gasteiger partial charge in [0.15, 0.2) is 0 Å². The molecule has 2 saturated heterocycles. The van der Waals surface area contributed by atoms with Crippen molar-refractivity contribution in [2.45, 2.75) is 51.4 Å². The van der Waals surface area contributed by atoms with Gasteiger partial charge in [0.25, 0.3) is 11.8 Å². The first-order valence-corrected chi connectivity index (χ1v) is 14.9. The third kappa shape index (κ3) is 6.57. The number of anilines is 4. The van der Waals surface area contributed by atoms with E-state index >= 15 is 0 Å². The summed E-state index contributed by atoms with van der Waals surface area (Å²) >= 11 is 0. The molecule has 2 aliphatic heterocycles. The number of nitrogens with one attached hydrogen (secondary N) is 2. The Kier molecular flexibility index (Phi) is 7.40. The Balaban J connectivity index is 1.39. The normalized spacial score (nSPS) is 20.1. The maximum Gasteiger partial charge on any atom is 0.258 e. The molecule has 3 heterocycles. The number of aliphatic hydroxyl groups excluding tert-OH is 1. The summed E-state index contributed by atoms with van der Waals surface area (Å²) < 4.78 is 54.2. The summed E-state index contributed by atoms with van der Waals surface area (Å²) in [5.74, 6) is -2.99. The lowest BCUT2D eigenvalue weighted by Gasteiger charge is -2.35. The minimum absolute atomic E-state index is 0.123. The van der Waals surface area contributed by atoms with Crippen LogP contribution in [-0.4, -0.2) is 73.9 Å². The molecule has 39 heavy (non-hydrogen) atoms. The molecule has 1 aliphatic carbocycles. The number of rotatable bonds is 8. The molecule has 1 amide bonds. The van der Waals surface area contributed by atoms with E-state index in [1.165, 1.54) is 18.9 Å². The van der Waals surface area contributed by atoms with Gasteiger partial charge >= 0.3 is 0 Å². The maximum atomic E-state index is 13.6. The average Bonchev–Trinajstić information content (AvgIpc) is 3.62. The Labute approximate surface area is 226 Å². The molecule has 0 atom stereocenters. The van der Waals surface area contributed by atoms with Crippen molar-refractivity contribution in [2.75, 3.05) is 58.4 Å². The second-order valence-corrected chi connectivity index (χ2v) is 12.7. The maximum absolute atomic E-state index is 13.6. The molecule has 13 heteroatoms. The van der Waals surface area contributed by atoms with Gasteiger partial charge in [-0.2, -0.15) is 4.98 Å². The van der Waals surface area contributed by atoms with Crippen LogP contribution in [0.15, 0.2) is 24.3 Å². The smallest absolute Gasteiger partial charge is 0.258 e. The van der Waals surface area contributed by atoms with Gasteiger partial charge in [0.2, 0.25) is 16.0 Å². The van der Waals surface area contributed by atoms with Gasteiger partial charge in [-0.25, -0.2) is 22.2 Å². The molecule has 3 fully saturated rings. The topological polar surface area (TPSA) is 128 Å². The Morgan fingerprint density at radius 2 is 1.67 bits per heavy atom. The van der Waals surface area contributed by atoms with Gasteiger partial charge in [0.05, 0.1) is 29.3 Å². The van der Waals surface area contributed by atoms with Crippen molar-refractivity contribution in [1.29, 1.82) is 0 Å². The van der Waals surface area contributed by atoms with Crippen molar-refractivity contribution >= 4 is 39.1 Å². The summed E-state index contributed by atoms with van der Waals surface area (Å²) in [5, 5.41) is 11.9. The molecule has 0 unspecified atom stereocenters. The highest BCUT2D eigenvalue weighted by Gasteiger charge is 2.44.